The van der Waals surface area contributed by atoms with Gasteiger partial charge in [-0.3, -0.25) is 4.79 Å². The number of aliphatic carboxylic acids is 1. The highest BCUT2D eigenvalue weighted by Crippen LogP contribution is 2.17. The van der Waals surface area contributed by atoms with E-state index >= 15 is 0 Å². The van der Waals surface area contributed by atoms with Gasteiger partial charge in [-0.15, -0.1) is 0 Å². The second-order valence-corrected chi connectivity index (χ2v) is 6.50. The molecule has 1 atom stereocenters. The average molecular weight is 393 g/mol. The minimum Gasteiger partial charge on any atom is -0.489 e. The van der Waals surface area contributed by atoms with E-state index in [4.69, 9.17) is 4.74 Å². The van der Waals surface area contributed by atoms with Crippen LogP contribution in [0.5, 0.6) is 5.75 Å². The van der Waals surface area contributed by atoms with E-state index in [0.29, 0.717) is 17.9 Å². The van der Waals surface area contributed by atoms with Crippen LogP contribution >= 0.6 is 0 Å². The molecule has 0 aliphatic carbocycles. The molecular weight excluding hydrogens is 373 g/mol. The summed E-state index contributed by atoms with van der Waals surface area (Å²) in [5.41, 5.74) is 1.78. The second kappa shape index (κ2) is 9.50. The molecule has 0 saturated heterocycles. The molecule has 0 bridgehead atoms. The normalized spacial score (nSPS) is 11.5. The number of rotatable bonds is 8. The Bertz CT molecular complexity index is 991. The SMILES string of the molecule is O=C(N[C@@H](Cc1cccc(OCc2ccccc2)c1)C(=O)O)c1cccc(F)c1. The minimum absolute atomic E-state index is 0.0659. The van der Waals surface area contributed by atoms with Gasteiger partial charge in [0.2, 0.25) is 0 Å². The fraction of sp³-hybridized carbons (Fsp3) is 0.130. The summed E-state index contributed by atoms with van der Waals surface area (Å²) in [4.78, 5) is 23.9. The first kappa shape index (κ1) is 20.1. The molecular formula is C23H20FNO4. The smallest absolute Gasteiger partial charge is 0.326 e. The summed E-state index contributed by atoms with van der Waals surface area (Å²) < 4.78 is 19.1. The third-order valence-corrected chi connectivity index (χ3v) is 4.28. The standard InChI is InChI=1S/C23H20FNO4/c24-19-10-5-9-18(14-19)22(26)25-21(23(27)28)13-17-8-4-11-20(12-17)29-15-16-6-2-1-3-7-16/h1-12,14,21H,13,15H2,(H,25,26)(H,27,28)/t21-/m0/s1. The lowest BCUT2D eigenvalue weighted by atomic mass is 10.0. The number of amides is 1. The lowest BCUT2D eigenvalue weighted by molar-refractivity contribution is -0.139. The molecule has 0 fully saturated rings. The van der Waals surface area contributed by atoms with Gasteiger partial charge < -0.3 is 15.2 Å². The van der Waals surface area contributed by atoms with Crippen molar-refractivity contribution in [2.45, 2.75) is 19.1 Å². The van der Waals surface area contributed by atoms with E-state index in [1.165, 1.54) is 18.2 Å². The highest BCUT2D eigenvalue weighted by atomic mass is 19.1. The Balaban J connectivity index is 1.65. The van der Waals surface area contributed by atoms with E-state index in [-0.39, 0.29) is 12.0 Å². The van der Waals surface area contributed by atoms with Gasteiger partial charge in [0, 0.05) is 12.0 Å². The van der Waals surface area contributed by atoms with Gasteiger partial charge in [0.15, 0.2) is 0 Å². The fourth-order valence-electron chi connectivity index (χ4n) is 2.81. The third-order valence-electron chi connectivity index (χ3n) is 4.28. The molecule has 0 radical (unpaired) electrons. The first-order valence-electron chi connectivity index (χ1n) is 9.06. The minimum atomic E-state index is -1.18. The van der Waals surface area contributed by atoms with Crippen molar-refractivity contribution in [1.82, 2.24) is 5.32 Å². The van der Waals surface area contributed by atoms with Crippen LogP contribution in [0.4, 0.5) is 4.39 Å². The first-order chi connectivity index (χ1) is 14.0. The molecule has 0 heterocycles. The van der Waals surface area contributed by atoms with Crippen LogP contribution in [0.15, 0.2) is 78.9 Å². The Morgan fingerprint density at radius 2 is 1.66 bits per heavy atom. The summed E-state index contributed by atoms with van der Waals surface area (Å²) >= 11 is 0. The quantitative estimate of drug-likeness (QED) is 0.610. The van der Waals surface area contributed by atoms with Crippen LogP contribution in [-0.2, 0) is 17.8 Å². The molecule has 1 amide bonds. The molecule has 148 valence electrons. The van der Waals surface area contributed by atoms with Crippen molar-refractivity contribution in [3.05, 3.63) is 101 Å². The molecule has 3 aromatic rings. The number of carboxylic acid groups (broad SMARTS) is 1. The van der Waals surface area contributed by atoms with Crippen LogP contribution in [0, 0.1) is 5.82 Å². The lowest BCUT2D eigenvalue weighted by Crippen LogP contribution is -2.42. The van der Waals surface area contributed by atoms with Crippen LogP contribution in [0.3, 0.4) is 0 Å². The monoisotopic (exact) mass is 393 g/mol. The summed E-state index contributed by atoms with van der Waals surface area (Å²) in [7, 11) is 0. The Hall–Kier alpha value is -3.67. The molecule has 0 saturated carbocycles. The van der Waals surface area contributed by atoms with Crippen LogP contribution in [-0.4, -0.2) is 23.0 Å². The van der Waals surface area contributed by atoms with Crippen LogP contribution in [0.1, 0.15) is 21.5 Å². The van der Waals surface area contributed by atoms with Gasteiger partial charge in [-0.05, 0) is 41.5 Å². The molecule has 29 heavy (non-hydrogen) atoms. The highest BCUT2D eigenvalue weighted by molar-refractivity contribution is 5.96. The molecule has 0 spiro atoms. The van der Waals surface area contributed by atoms with Gasteiger partial charge >= 0.3 is 5.97 Å². The van der Waals surface area contributed by atoms with Crippen molar-refractivity contribution in [3.63, 3.8) is 0 Å². The highest BCUT2D eigenvalue weighted by Gasteiger charge is 2.21. The zero-order valence-electron chi connectivity index (χ0n) is 15.5. The number of carboxylic acids is 1. The molecule has 0 aliphatic heterocycles. The number of halogens is 1. The van der Waals surface area contributed by atoms with Gasteiger partial charge in [-0.25, -0.2) is 9.18 Å². The molecule has 5 nitrogen and oxygen atoms in total. The van der Waals surface area contributed by atoms with Crippen LogP contribution < -0.4 is 10.1 Å². The fourth-order valence-corrected chi connectivity index (χ4v) is 2.81. The molecule has 0 aromatic heterocycles. The average Bonchev–Trinajstić information content (AvgIpc) is 2.73. The Labute approximate surface area is 167 Å². The van der Waals surface area contributed by atoms with E-state index < -0.39 is 23.7 Å². The Kier molecular flexibility index (Phi) is 6.58. The predicted octanol–water partition coefficient (Wildman–Crippen LogP) is 3.83. The topological polar surface area (TPSA) is 75.6 Å². The maximum absolute atomic E-state index is 13.3. The van der Waals surface area contributed by atoms with E-state index in [1.54, 1.807) is 24.3 Å². The zero-order chi connectivity index (χ0) is 20.6. The maximum atomic E-state index is 13.3. The summed E-state index contributed by atoms with van der Waals surface area (Å²) in [5.74, 6) is -1.78. The van der Waals surface area contributed by atoms with E-state index in [9.17, 15) is 19.1 Å². The van der Waals surface area contributed by atoms with Crippen molar-refractivity contribution in [2.75, 3.05) is 0 Å². The third kappa shape index (κ3) is 5.90. The molecule has 6 heteroatoms. The first-order valence-corrected chi connectivity index (χ1v) is 9.06. The molecule has 2 N–H and O–H groups in total. The van der Waals surface area contributed by atoms with Crippen molar-refractivity contribution >= 4 is 11.9 Å². The summed E-state index contributed by atoms with van der Waals surface area (Å²) in [5, 5.41) is 11.9. The number of carbonyl (C=O) groups excluding carboxylic acids is 1. The van der Waals surface area contributed by atoms with Crippen LogP contribution in [0.25, 0.3) is 0 Å². The Morgan fingerprint density at radius 3 is 2.38 bits per heavy atom. The van der Waals surface area contributed by atoms with Gasteiger partial charge in [0.05, 0.1) is 0 Å². The number of nitrogens with one attached hydrogen (secondary N) is 1. The number of benzene rings is 3. The number of hydrogen-bond donors (Lipinski definition) is 2. The number of carbonyl (C=O) groups is 2. The molecule has 0 aliphatic rings. The van der Waals surface area contributed by atoms with E-state index in [1.807, 2.05) is 30.3 Å². The van der Waals surface area contributed by atoms with Gasteiger partial charge in [-0.1, -0.05) is 48.5 Å². The largest absolute Gasteiger partial charge is 0.489 e. The predicted molar refractivity (Wildman–Crippen MR) is 106 cm³/mol. The van der Waals surface area contributed by atoms with Gasteiger partial charge in [0.25, 0.3) is 5.91 Å². The lowest BCUT2D eigenvalue weighted by Gasteiger charge is -2.15. The van der Waals surface area contributed by atoms with Crippen molar-refractivity contribution in [3.8, 4) is 5.75 Å². The second-order valence-electron chi connectivity index (χ2n) is 6.50. The molecule has 0 unspecified atom stereocenters. The van der Waals surface area contributed by atoms with Crippen LogP contribution in [0.2, 0.25) is 0 Å². The summed E-state index contributed by atoms with van der Waals surface area (Å²) in [6.45, 7) is 0.392. The van der Waals surface area contributed by atoms with Crippen molar-refractivity contribution < 1.29 is 23.8 Å². The molecule has 3 rings (SSSR count). The van der Waals surface area contributed by atoms with Gasteiger partial charge in [-0.2, -0.15) is 0 Å². The molecule has 3 aromatic carbocycles. The van der Waals surface area contributed by atoms with E-state index in [0.717, 1.165) is 11.6 Å². The van der Waals surface area contributed by atoms with Gasteiger partial charge in [0.1, 0.15) is 24.2 Å². The maximum Gasteiger partial charge on any atom is 0.326 e. The summed E-state index contributed by atoms with van der Waals surface area (Å²) in [6, 6.07) is 20.7. The zero-order valence-corrected chi connectivity index (χ0v) is 15.5. The van der Waals surface area contributed by atoms with Crippen molar-refractivity contribution in [1.29, 1.82) is 0 Å². The summed E-state index contributed by atoms with van der Waals surface area (Å²) in [6.07, 6.45) is 0.0684. The number of hydrogen-bond acceptors (Lipinski definition) is 3. The van der Waals surface area contributed by atoms with Crippen molar-refractivity contribution in [2.24, 2.45) is 0 Å². The number of ether oxygens (including phenoxy) is 1. The van der Waals surface area contributed by atoms with E-state index in [2.05, 4.69) is 5.32 Å². The Morgan fingerprint density at radius 1 is 0.931 bits per heavy atom.